The molecule has 4 nitrogen and oxygen atoms in total. The average Bonchev–Trinajstić information content (AvgIpc) is 2.92. The molecule has 0 aliphatic rings. The predicted octanol–water partition coefficient (Wildman–Crippen LogP) is 3.23. The monoisotopic (exact) mass is 333 g/mol. The van der Waals surface area contributed by atoms with Crippen molar-refractivity contribution in [3.05, 3.63) is 47.8 Å². The first kappa shape index (κ1) is 16.9. The molecule has 9 heteroatoms. The van der Waals surface area contributed by atoms with Crippen LogP contribution in [0.3, 0.4) is 0 Å². The number of anilines is 1. The van der Waals surface area contributed by atoms with E-state index in [1.54, 1.807) is 6.92 Å². The first-order valence-corrected chi connectivity index (χ1v) is 6.58. The molecule has 0 bridgehead atoms. The van der Waals surface area contributed by atoms with Crippen molar-refractivity contribution in [1.29, 1.82) is 0 Å². The Bertz CT molecular complexity index is 711. The van der Waals surface area contributed by atoms with E-state index in [9.17, 15) is 26.7 Å². The number of amides is 1. The molecular formula is C14H12F5N3O. The van der Waals surface area contributed by atoms with E-state index in [0.29, 0.717) is 0 Å². The van der Waals surface area contributed by atoms with E-state index in [2.05, 4.69) is 5.10 Å². The zero-order valence-electron chi connectivity index (χ0n) is 11.9. The second kappa shape index (κ2) is 6.35. The van der Waals surface area contributed by atoms with Gasteiger partial charge < -0.3 is 4.90 Å². The largest absolute Gasteiger partial charge is 0.435 e. The van der Waals surface area contributed by atoms with Crippen LogP contribution in [0.15, 0.2) is 30.5 Å². The molecule has 23 heavy (non-hydrogen) atoms. The summed E-state index contributed by atoms with van der Waals surface area (Å²) in [6.45, 7) is 1.28. The first-order valence-electron chi connectivity index (χ1n) is 6.58. The van der Waals surface area contributed by atoms with E-state index in [1.807, 2.05) is 0 Å². The summed E-state index contributed by atoms with van der Waals surface area (Å²) in [6, 6.07) is 3.68. The van der Waals surface area contributed by atoms with Gasteiger partial charge in [-0.15, -0.1) is 0 Å². The maximum absolute atomic E-state index is 13.2. The minimum Gasteiger partial charge on any atom is -0.311 e. The van der Waals surface area contributed by atoms with Crippen LogP contribution in [-0.2, 0) is 17.5 Å². The van der Waals surface area contributed by atoms with E-state index in [-0.39, 0.29) is 12.2 Å². The van der Waals surface area contributed by atoms with Crippen LogP contribution < -0.4 is 4.90 Å². The van der Waals surface area contributed by atoms with Crippen molar-refractivity contribution in [3.63, 3.8) is 0 Å². The number of hydrogen-bond donors (Lipinski definition) is 0. The van der Waals surface area contributed by atoms with Crippen LogP contribution in [0.5, 0.6) is 0 Å². The van der Waals surface area contributed by atoms with Gasteiger partial charge in [0.2, 0.25) is 5.91 Å². The fourth-order valence-corrected chi connectivity index (χ4v) is 1.98. The van der Waals surface area contributed by atoms with Gasteiger partial charge >= 0.3 is 6.18 Å². The third kappa shape index (κ3) is 3.85. The van der Waals surface area contributed by atoms with Gasteiger partial charge in [-0.05, 0) is 25.1 Å². The average molecular weight is 333 g/mol. The van der Waals surface area contributed by atoms with Gasteiger partial charge in [0, 0.05) is 24.5 Å². The molecular weight excluding hydrogens is 321 g/mol. The Balaban J connectivity index is 2.17. The van der Waals surface area contributed by atoms with E-state index in [4.69, 9.17) is 0 Å². The van der Waals surface area contributed by atoms with Gasteiger partial charge in [0.05, 0.1) is 0 Å². The Labute approximate surface area is 128 Å². The number of halogens is 5. The molecule has 2 aromatic rings. The van der Waals surface area contributed by atoms with Gasteiger partial charge in [-0.1, -0.05) is 0 Å². The zero-order valence-corrected chi connectivity index (χ0v) is 11.9. The molecule has 0 spiro atoms. The summed E-state index contributed by atoms with van der Waals surface area (Å²) in [5, 5.41) is 3.27. The molecule has 1 aromatic carbocycles. The second-order valence-corrected chi connectivity index (χ2v) is 4.63. The number of aromatic nitrogens is 2. The summed E-state index contributed by atoms with van der Waals surface area (Å²) in [7, 11) is 0. The number of rotatable bonds is 4. The highest BCUT2D eigenvalue weighted by Crippen LogP contribution is 2.27. The highest BCUT2D eigenvalue weighted by molar-refractivity contribution is 5.93. The fraction of sp³-hybridized carbons (Fsp3) is 0.286. The predicted molar refractivity (Wildman–Crippen MR) is 71.6 cm³/mol. The second-order valence-electron chi connectivity index (χ2n) is 4.63. The lowest BCUT2D eigenvalue weighted by molar-refractivity contribution is -0.141. The van der Waals surface area contributed by atoms with Gasteiger partial charge in [-0.25, -0.2) is 8.78 Å². The molecule has 2 rings (SSSR count). The standard InChI is InChI=1S/C14H12F5N3O/c1-2-22(9-3-4-10(15)11(16)7-9)13(23)8-21-6-5-12(20-21)14(17,18)19/h3-7H,2,8H2,1H3. The van der Waals surface area contributed by atoms with Gasteiger partial charge in [-0.3, -0.25) is 9.48 Å². The smallest absolute Gasteiger partial charge is 0.311 e. The third-order valence-corrected chi connectivity index (χ3v) is 3.06. The Hall–Kier alpha value is -2.45. The molecule has 0 radical (unpaired) electrons. The number of nitrogens with zero attached hydrogens (tertiary/aromatic N) is 3. The lowest BCUT2D eigenvalue weighted by Gasteiger charge is -2.21. The van der Waals surface area contributed by atoms with E-state index < -0.39 is 36.0 Å². The molecule has 0 fully saturated rings. The summed E-state index contributed by atoms with van der Waals surface area (Å²) >= 11 is 0. The van der Waals surface area contributed by atoms with E-state index >= 15 is 0 Å². The molecule has 0 saturated heterocycles. The van der Waals surface area contributed by atoms with Gasteiger partial charge in [0.25, 0.3) is 0 Å². The minimum absolute atomic E-state index is 0.111. The molecule has 0 unspecified atom stereocenters. The number of hydrogen-bond acceptors (Lipinski definition) is 2. The lowest BCUT2D eigenvalue weighted by Crippen LogP contribution is -2.34. The van der Waals surface area contributed by atoms with Crippen LogP contribution in [0, 0.1) is 11.6 Å². The van der Waals surface area contributed by atoms with Crippen LogP contribution >= 0.6 is 0 Å². The van der Waals surface area contributed by atoms with Gasteiger partial charge in [0.15, 0.2) is 17.3 Å². The first-order chi connectivity index (χ1) is 10.7. The Morgan fingerprint density at radius 1 is 1.22 bits per heavy atom. The molecule has 1 aromatic heterocycles. The van der Waals surface area contributed by atoms with E-state index in [1.165, 1.54) is 6.07 Å². The van der Waals surface area contributed by atoms with Crippen LogP contribution in [0.1, 0.15) is 12.6 Å². The highest BCUT2D eigenvalue weighted by atomic mass is 19.4. The number of likely N-dealkylation sites (N-methyl/N-ethyl adjacent to an activating group) is 1. The molecule has 0 aliphatic carbocycles. The van der Waals surface area contributed by atoms with Gasteiger partial charge in [-0.2, -0.15) is 18.3 Å². The van der Waals surface area contributed by atoms with Crippen molar-refractivity contribution >= 4 is 11.6 Å². The molecule has 1 heterocycles. The minimum atomic E-state index is -4.60. The Morgan fingerprint density at radius 3 is 2.43 bits per heavy atom. The quantitative estimate of drug-likeness (QED) is 0.806. The Morgan fingerprint density at radius 2 is 1.91 bits per heavy atom. The number of benzene rings is 1. The van der Waals surface area contributed by atoms with Crippen LogP contribution in [0.25, 0.3) is 0 Å². The van der Waals surface area contributed by atoms with Crippen molar-refractivity contribution < 1.29 is 26.7 Å². The molecule has 0 N–H and O–H groups in total. The topological polar surface area (TPSA) is 38.1 Å². The van der Waals surface area contributed by atoms with Crippen LogP contribution in [-0.4, -0.2) is 22.2 Å². The van der Waals surface area contributed by atoms with Crippen molar-refractivity contribution in [2.24, 2.45) is 0 Å². The van der Waals surface area contributed by atoms with Crippen molar-refractivity contribution in [3.8, 4) is 0 Å². The summed E-state index contributed by atoms with van der Waals surface area (Å²) in [4.78, 5) is 13.3. The zero-order chi connectivity index (χ0) is 17.2. The maximum Gasteiger partial charge on any atom is 0.435 e. The van der Waals surface area contributed by atoms with Crippen LogP contribution in [0.4, 0.5) is 27.6 Å². The van der Waals surface area contributed by atoms with Gasteiger partial charge in [0.1, 0.15) is 6.54 Å². The SMILES string of the molecule is CCN(C(=O)Cn1ccc(C(F)(F)F)n1)c1ccc(F)c(F)c1. The normalized spacial score (nSPS) is 11.6. The molecule has 124 valence electrons. The number of carbonyl (C=O) groups excluding carboxylic acids is 1. The number of alkyl halides is 3. The maximum atomic E-state index is 13.2. The van der Waals surface area contributed by atoms with Crippen LogP contribution in [0.2, 0.25) is 0 Å². The molecule has 0 saturated carbocycles. The summed E-state index contributed by atoms with van der Waals surface area (Å²) in [5.74, 6) is -2.78. The van der Waals surface area contributed by atoms with Crippen molar-refractivity contribution in [1.82, 2.24) is 9.78 Å². The summed E-state index contributed by atoms with van der Waals surface area (Å²) in [5.41, 5.74) is -0.999. The fourth-order valence-electron chi connectivity index (χ4n) is 1.98. The lowest BCUT2D eigenvalue weighted by atomic mass is 10.2. The summed E-state index contributed by atoms with van der Waals surface area (Å²) in [6.07, 6.45) is -3.57. The molecule has 0 aliphatic heterocycles. The Kier molecular flexibility index (Phi) is 4.67. The molecule has 0 atom stereocenters. The van der Waals surface area contributed by atoms with Crippen molar-refractivity contribution in [2.75, 3.05) is 11.4 Å². The highest BCUT2D eigenvalue weighted by Gasteiger charge is 2.33. The molecule has 1 amide bonds. The van der Waals surface area contributed by atoms with Crippen molar-refractivity contribution in [2.45, 2.75) is 19.6 Å². The number of carbonyl (C=O) groups is 1. The van der Waals surface area contributed by atoms with E-state index in [0.717, 1.165) is 34.0 Å². The summed E-state index contributed by atoms with van der Waals surface area (Å²) < 4.78 is 64.4. The third-order valence-electron chi connectivity index (χ3n) is 3.06.